The molecule has 94 valence electrons. The maximum atomic E-state index is 6.06. The number of aryl methyl sites for hydroxylation is 1. The van der Waals surface area contributed by atoms with Gasteiger partial charge in [-0.1, -0.05) is 41.9 Å². The Morgan fingerprint density at radius 2 is 1.78 bits per heavy atom. The molecule has 0 aliphatic heterocycles. The van der Waals surface area contributed by atoms with Crippen molar-refractivity contribution in [1.29, 1.82) is 0 Å². The molecule has 18 heavy (non-hydrogen) atoms. The smallest absolute Gasteiger partial charge is 0.137 e. The summed E-state index contributed by atoms with van der Waals surface area (Å²) in [5, 5.41) is 3.88. The summed E-state index contributed by atoms with van der Waals surface area (Å²) < 4.78 is 0. The highest BCUT2D eigenvalue weighted by molar-refractivity contribution is 6.30. The summed E-state index contributed by atoms with van der Waals surface area (Å²) in [6.07, 6.45) is 0. The van der Waals surface area contributed by atoms with Crippen molar-refractivity contribution in [1.82, 2.24) is 9.97 Å². The molecule has 0 saturated heterocycles. The molecule has 0 aliphatic rings. The van der Waals surface area contributed by atoms with Crippen LogP contribution in [0.5, 0.6) is 0 Å². The van der Waals surface area contributed by atoms with E-state index < -0.39 is 0 Å². The molecule has 0 saturated carbocycles. The summed E-state index contributed by atoms with van der Waals surface area (Å²) in [6, 6.07) is 10.4. The fourth-order valence-corrected chi connectivity index (χ4v) is 1.98. The first-order valence-electron chi connectivity index (χ1n) is 5.90. The standard InChI is InChI=1S/C14H16ClN3/c1-9-13(15)17-11(3)18-14(9)16-10(2)12-7-5-4-6-8-12/h4-8,10H,1-3H3,(H,16,17,18). The van der Waals surface area contributed by atoms with Gasteiger partial charge in [-0.25, -0.2) is 9.97 Å². The molecule has 3 nitrogen and oxygen atoms in total. The average molecular weight is 262 g/mol. The fourth-order valence-electron chi connectivity index (χ4n) is 1.76. The van der Waals surface area contributed by atoms with Gasteiger partial charge in [-0.3, -0.25) is 0 Å². The van der Waals surface area contributed by atoms with E-state index in [2.05, 4.69) is 34.3 Å². The van der Waals surface area contributed by atoms with Gasteiger partial charge in [0.15, 0.2) is 0 Å². The third-order valence-corrected chi connectivity index (χ3v) is 3.22. The van der Waals surface area contributed by atoms with E-state index >= 15 is 0 Å². The van der Waals surface area contributed by atoms with Gasteiger partial charge in [0.1, 0.15) is 16.8 Å². The Kier molecular flexibility index (Phi) is 3.82. The number of benzene rings is 1. The largest absolute Gasteiger partial charge is 0.363 e. The Balaban J connectivity index is 2.24. The third kappa shape index (κ3) is 2.79. The van der Waals surface area contributed by atoms with Crippen LogP contribution in [0.2, 0.25) is 5.15 Å². The van der Waals surface area contributed by atoms with Crippen LogP contribution in [0.3, 0.4) is 0 Å². The molecule has 1 heterocycles. The molecule has 2 aromatic rings. The Morgan fingerprint density at radius 3 is 2.44 bits per heavy atom. The first kappa shape index (κ1) is 12.8. The van der Waals surface area contributed by atoms with Gasteiger partial charge < -0.3 is 5.32 Å². The van der Waals surface area contributed by atoms with Crippen LogP contribution in [0, 0.1) is 13.8 Å². The zero-order valence-corrected chi connectivity index (χ0v) is 11.5. The van der Waals surface area contributed by atoms with Crippen molar-refractivity contribution in [2.75, 3.05) is 5.32 Å². The number of nitrogens with one attached hydrogen (secondary N) is 1. The summed E-state index contributed by atoms with van der Waals surface area (Å²) in [7, 11) is 0. The molecule has 0 radical (unpaired) electrons. The van der Waals surface area contributed by atoms with Gasteiger partial charge in [-0.05, 0) is 26.3 Å². The molecular formula is C14H16ClN3. The average Bonchev–Trinajstić information content (AvgIpc) is 2.36. The molecule has 0 amide bonds. The van der Waals surface area contributed by atoms with E-state index in [4.69, 9.17) is 11.6 Å². The Labute approximate surface area is 112 Å². The summed E-state index contributed by atoms with van der Waals surface area (Å²) in [5.74, 6) is 1.47. The molecule has 1 unspecified atom stereocenters. The predicted molar refractivity (Wildman–Crippen MR) is 75.0 cm³/mol. The van der Waals surface area contributed by atoms with Gasteiger partial charge in [-0.2, -0.15) is 0 Å². The van der Waals surface area contributed by atoms with Crippen LogP contribution in [0.15, 0.2) is 30.3 Å². The molecule has 2 rings (SSSR count). The predicted octanol–water partition coefficient (Wildman–Crippen LogP) is 3.92. The number of anilines is 1. The Hall–Kier alpha value is -1.61. The van der Waals surface area contributed by atoms with Gasteiger partial charge in [-0.15, -0.1) is 0 Å². The number of rotatable bonds is 3. The van der Waals surface area contributed by atoms with Gasteiger partial charge in [0.2, 0.25) is 0 Å². The van der Waals surface area contributed by atoms with Crippen molar-refractivity contribution < 1.29 is 0 Å². The van der Waals surface area contributed by atoms with Crippen molar-refractivity contribution in [3.63, 3.8) is 0 Å². The van der Waals surface area contributed by atoms with Crippen LogP contribution >= 0.6 is 11.6 Å². The lowest BCUT2D eigenvalue weighted by Crippen LogP contribution is -2.10. The van der Waals surface area contributed by atoms with Crippen LogP contribution in [0.4, 0.5) is 5.82 Å². The summed E-state index contributed by atoms with van der Waals surface area (Å²) >= 11 is 6.06. The summed E-state index contributed by atoms with van der Waals surface area (Å²) in [6.45, 7) is 5.85. The van der Waals surface area contributed by atoms with Crippen molar-refractivity contribution in [2.24, 2.45) is 0 Å². The number of nitrogens with zero attached hydrogens (tertiary/aromatic N) is 2. The molecule has 0 spiro atoms. The van der Waals surface area contributed by atoms with Crippen molar-refractivity contribution in [3.8, 4) is 0 Å². The van der Waals surface area contributed by atoms with E-state index in [1.807, 2.05) is 32.0 Å². The molecule has 0 aliphatic carbocycles. The van der Waals surface area contributed by atoms with Crippen LogP contribution < -0.4 is 5.32 Å². The van der Waals surface area contributed by atoms with E-state index in [0.29, 0.717) is 11.0 Å². The molecule has 1 atom stereocenters. The SMILES string of the molecule is Cc1nc(Cl)c(C)c(NC(C)c2ccccc2)n1. The van der Waals surface area contributed by atoms with E-state index in [0.717, 1.165) is 11.4 Å². The summed E-state index contributed by atoms with van der Waals surface area (Å²) in [4.78, 5) is 8.52. The zero-order valence-electron chi connectivity index (χ0n) is 10.7. The monoisotopic (exact) mass is 261 g/mol. The van der Waals surface area contributed by atoms with Crippen molar-refractivity contribution >= 4 is 17.4 Å². The van der Waals surface area contributed by atoms with E-state index in [1.165, 1.54) is 5.56 Å². The normalized spacial score (nSPS) is 12.2. The van der Waals surface area contributed by atoms with Crippen molar-refractivity contribution in [2.45, 2.75) is 26.8 Å². The minimum atomic E-state index is 0.176. The zero-order chi connectivity index (χ0) is 13.1. The number of hydrogen-bond acceptors (Lipinski definition) is 3. The minimum Gasteiger partial charge on any atom is -0.363 e. The van der Waals surface area contributed by atoms with Crippen LogP contribution in [-0.4, -0.2) is 9.97 Å². The van der Waals surface area contributed by atoms with Gasteiger partial charge >= 0.3 is 0 Å². The van der Waals surface area contributed by atoms with E-state index in [1.54, 1.807) is 0 Å². The Morgan fingerprint density at radius 1 is 1.11 bits per heavy atom. The lowest BCUT2D eigenvalue weighted by atomic mass is 10.1. The van der Waals surface area contributed by atoms with E-state index in [-0.39, 0.29) is 6.04 Å². The topological polar surface area (TPSA) is 37.8 Å². The number of hydrogen-bond donors (Lipinski definition) is 1. The molecule has 0 fully saturated rings. The second kappa shape index (κ2) is 5.36. The Bertz CT molecular complexity index is 540. The maximum absolute atomic E-state index is 6.06. The molecular weight excluding hydrogens is 246 g/mol. The minimum absolute atomic E-state index is 0.176. The lowest BCUT2D eigenvalue weighted by Gasteiger charge is -2.17. The highest BCUT2D eigenvalue weighted by Gasteiger charge is 2.11. The molecule has 1 aromatic carbocycles. The second-order valence-electron chi connectivity index (χ2n) is 4.31. The second-order valence-corrected chi connectivity index (χ2v) is 4.67. The number of aromatic nitrogens is 2. The fraction of sp³-hybridized carbons (Fsp3) is 0.286. The highest BCUT2D eigenvalue weighted by Crippen LogP contribution is 2.24. The quantitative estimate of drug-likeness (QED) is 0.851. The molecule has 0 bridgehead atoms. The highest BCUT2D eigenvalue weighted by atomic mass is 35.5. The van der Waals surface area contributed by atoms with Gasteiger partial charge in [0.25, 0.3) is 0 Å². The molecule has 1 N–H and O–H groups in total. The van der Waals surface area contributed by atoms with Crippen LogP contribution in [0.25, 0.3) is 0 Å². The first-order valence-corrected chi connectivity index (χ1v) is 6.28. The first-order chi connectivity index (χ1) is 8.58. The number of halogens is 1. The maximum Gasteiger partial charge on any atom is 0.137 e. The molecule has 1 aromatic heterocycles. The summed E-state index contributed by atoms with van der Waals surface area (Å²) in [5.41, 5.74) is 2.09. The van der Waals surface area contributed by atoms with Crippen LogP contribution in [0.1, 0.15) is 29.9 Å². The van der Waals surface area contributed by atoms with Crippen LogP contribution in [-0.2, 0) is 0 Å². The lowest BCUT2D eigenvalue weighted by molar-refractivity contribution is 0.862. The van der Waals surface area contributed by atoms with Gasteiger partial charge in [0, 0.05) is 11.6 Å². The third-order valence-electron chi connectivity index (χ3n) is 2.85. The van der Waals surface area contributed by atoms with E-state index in [9.17, 15) is 0 Å². The molecule has 4 heteroatoms. The van der Waals surface area contributed by atoms with Gasteiger partial charge in [0.05, 0.1) is 0 Å². The van der Waals surface area contributed by atoms with Crippen molar-refractivity contribution in [3.05, 3.63) is 52.4 Å².